The Kier molecular flexibility index (Phi) is 4.66. The number of hydrogen-bond donors (Lipinski definition) is 0. The average Bonchev–Trinajstić information content (AvgIpc) is 2.58. The highest BCUT2D eigenvalue weighted by molar-refractivity contribution is 6.30. The Labute approximate surface area is 144 Å². The largest absolute Gasteiger partial charge is 0.355 e. The molecule has 1 heterocycles. The second-order valence-corrected chi connectivity index (χ2v) is 6.05. The minimum Gasteiger partial charge on any atom is -0.355 e. The Morgan fingerprint density at radius 2 is 1.79 bits per heavy atom. The molecule has 1 fully saturated rings. The van der Waals surface area contributed by atoms with Crippen LogP contribution in [0.25, 0.3) is 0 Å². The molecule has 0 unspecified atom stereocenters. The molecule has 7 heteroatoms. The van der Waals surface area contributed by atoms with E-state index in [4.69, 9.17) is 11.6 Å². The van der Waals surface area contributed by atoms with Crippen molar-refractivity contribution in [2.24, 2.45) is 0 Å². The van der Waals surface area contributed by atoms with E-state index in [-0.39, 0.29) is 18.1 Å². The summed E-state index contributed by atoms with van der Waals surface area (Å²) in [5.74, 6) is -0.0469. The van der Waals surface area contributed by atoms with Crippen molar-refractivity contribution in [3.63, 3.8) is 0 Å². The minimum atomic E-state index is -0.417. The molecule has 0 aromatic heterocycles. The molecule has 0 aliphatic carbocycles. The van der Waals surface area contributed by atoms with Crippen molar-refractivity contribution >= 4 is 28.9 Å². The van der Waals surface area contributed by atoms with Gasteiger partial charge in [-0.2, -0.15) is 0 Å². The number of nitrogens with zero attached hydrogens (tertiary/aromatic N) is 3. The van der Waals surface area contributed by atoms with E-state index in [0.29, 0.717) is 30.3 Å². The summed E-state index contributed by atoms with van der Waals surface area (Å²) in [5, 5.41) is 11.8. The SMILES string of the molecule is O=C1CN(c2ccccc2[N+](=O)[O-])CCN1Cc1ccc(Cl)cc1. The normalized spacial score (nSPS) is 14.8. The molecule has 1 aliphatic heterocycles. The summed E-state index contributed by atoms with van der Waals surface area (Å²) >= 11 is 5.87. The highest BCUT2D eigenvalue weighted by Crippen LogP contribution is 2.28. The second kappa shape index (κ2) is 6.88. The van der Waals surface area contributed by atoms with Crippen LogP contribution in [-0.4, -0.2) is 35.4 Å². The number of halogens is 1. The van der Waals surface area contributed by atoms with Crippen molar-refractivity contribution in [2.45, 2.75) is 6.54 Å². The monoisotopic (exact) mass is 345 g/mol. The Bertz CT molecular complexity index is 764. The number of nitro groups is 1. The lowest BCUT2D eigenvalue weighted by molar-refractivity contribution is -0.384. The first-order valence-electron chi connectivity index (χ1n) is 7.55. The van der Waals surface area contributed by atoms with E-state index in [2.05, 4.69) is 0 Å². The summed E-state index contributed by atoms with van der Waals surface area (Å²) in [5.41, 5.74) is 1.52. The number of anilines is 1. The Hall–Kier alpha value is -2.60. The average molecular weight is 346 g/mol. The number of rotatable bonds is 4. The van der Waals surface area contributed by atoms with Crippen molar-refractivity contribution < 1.29 is 9.72 Å². The third kappa shape index (κ3) is 3.49. The lowest BCUT2D eigenvalue weighted by Crippen LogP contribution is -2.50. The van der Waals surface area contributed by atoms with Crippen LogP contribution >= 0.6 is 11.6 Å². The number of nitro benzene ring substituents is 1. The van der Waals surface area contributed by atoms with Crippen molar-refractivity contribution in [1.82, 2.24) is 4.90 Å². The van der Waals surface area contributed by atoms with Gasteiger partial charge < -0.3 is 9.80 Å². The van der Waals surface area contributed by atoms with Crippen LogP contribution in [0.2, 0.25) is 5.02 Å². The van der Waals surface area contributed by atoms with Gasteiger partial charge in [0.25, 0.3) is 5.69 Å². The molecule has 124 valence electrons. The maximum Gasteiger partial charge on any atom is 0.292 e. The zero-order chi connectivity index (χ0) is 17.1. The highest BCUT2D eigenvalue weighted by Gasteiger charge is 2.27. The van der Waals surface area contributed by atoms with Gasteiger partial charge in [0.05, 0.1) is 11.5 Å². The molecule has 1 aliphatic rings. The molecule has 0 N–H and O–H groups in total. The van der Waals surface area contributed by atoms with Gasteiger partial charge in [0.2, 0.25) is 5.91 Å². The standard InChI is InChI=1S/C17H16ClN3O3/c18-14-7-5-13(6-8-14)11-20-10-9-19(12-17(20)22)15-3-1-2-4-16(15)21(23)24/h1-8H,9-12H2. The van der Waals surface area contributed by atoms with Crippen LogP contribution in [0.5, 0.6) is 0 Å². The van der Waals surface area contributed by atoms with E-state index < -0.39 is 4.92 Å². The maximum absolute atomic E-state index is 12.4. The number of amides is 1. The molecule has 0 radical (unpaired) electrons. The quantitative estimate of drug-likeness (QED) is 0.631. The molecule has 24 heavy (non-hydrogen) atoms. The molecule has 6 nitrogen and oxygen atoms in total. The Morgan fingerprint density at radius 1 is 1.08 bits per heavy atom. The molecule has 0 spiro atoms. The molecule has 0 atom stereocenters. The zero-order valence-electron chi connectivity index (χ0n) is 12.9. The molecular weight excluding hydrogens is 330 g/mol. The summed E-state index contributed by atoms with van der Waals surface area (Å²) in [7, 11) is 0. The van der Waals surface area contributed by atoms with E-state index >= 15 is 0 Å². The first-order valence-corrected chi connectivity index (χ1v) is 7.93. The molecular formula is C17H16ClN3O3. The molecule has 2 aromatic rings. The van der Waals surface area contributed by atoms with Crippen molar-refractivity contribution in [1.29, 1.82) is 0 Å². The molecule has 2 aromatic carbocycles. The summed E-state index contributed by atoms with van der Waals surface area (Å²) in [6.45, 7) is 1.73. The Morgan fingerprint density at radius 3 is 2.46 bits per heavy atom. The van der Waals surface area contributed by atoms with Crippen LogP contribution < -0.4 is 4.90 Å². The molecule has 0 saturated carbocycles. The van der Waals surface area contributed by atoms with Gasteiger partial charge in [-0.25, -0.2) is 0 Å². The summed E-state index contributed by atoms with van der Waals surface area (Å²) in [6, 6.07) is 13.9. The number of para-hydroxylation sites is 2. The number of carbonyl (C=O) groups is 1. The van der Waals surface area contributed by atoms with E-state index in [1.165, 1.54) is 6.07 Å². The van der Waals surface area contributed by atoms with Gasteiger partial charge in [0.1, 0.15) is 5.69 Å². The summed E-state index contributed by atoms with van der Waals surface area (Å²) in [6.07, 6.45) is 0. The second-order valence-electron chi connectivity index (χ2n) is 5.61. The first-order chi connectivity index (χ1) is 11.5. The van der Waals surface area contributed by atoms with Crippen LogP contribution in [0.3, 0.4) is 0 Å². The van der Waals surface area contributed by atoms with Gasteiger partial charge in [-0.05, 0) is 23.8 Å². The van der Waals surface area contributed by atoms with E-state index in [1.54, 1.807) is 40.1 Å². The highest BCUT2D eigenvalue weighted by atomic mass is 35.5. The third-order valence-corrected chi connectivity index (χ3v) is 4.28. The molecule has 1 amide bonds. The van der Waals surface area contributed by atoms with Gasteiger partial charge >= 0.3 is 0 Å². The van der Waals surface area contributed by atoms with Gasteiger partial charge in [-0.15, -0.1) is 0 Å². The Balaban J connectivity index is 1.70. The van der Waals surface area contributed by atoms with Crippen molar-refractivity contribution in [3.8, 4) is 0 Å². The van der Waals surface area contributed by atoms with Gasteiger partial charge in [-0.1, -0.05) is 35.9 Å². The van der Waals surface area contributed by atoms with Crippen LogP contribution in [0.1, 0.15) is 5.56 Å². The molecule has 0 bridgehead atoms. The first kappa shape index (κ1) is 16.3. The van der Waals surface area contributed by atoms with E-state index in [9.17, 15) is 14.9 Å². The molecule has 1 saturated heterocycles. The van der Waals surface area contributed by atoms with Crippen molar-refractivity contribution in [2.75, 3.05) is 24.5 Å². The van der Waals surface area contributed by atoms with E-state index in [1.807, 2.05) is 12.1 Å². The summed E-state index contributed by atoms with van der Waals surface area (Å²) < 4.78 is 0. The van der Waals surface area contributed by atoms with E-state index in [0.717, 1.165) is 5.56 Å². The van der Waals surface area contributed by atoms with Gasteiger partial charge in [0, 0.05) is 30.7 Å². The third-order valence-electron chi connectivity index (χ3n) is 4.02. The number of benzene rings is 2. The fraction of sp³-hybridized carbons (Fsp3) is 0.235. The number of hydrogen-bond acceptors (Lipinski definition) is 4. The topological polar surface area (TPSA) is 66.7 Å². The lowest BCUT2D eigenvalue weighted by atomic mass is 10.1. The lowest BCUT2D eigenvalue weighted by Gasteiger charge is -2.35. The predicted octanol–water partition coefficient (Wildman–Crippen LogP) is 3.10. The molecule has 3 rings (SSSR count). The maximum atomic E-state index is 12.4. The fourth-order valence-electron chi connectivity index (χ4n) is 2.78. The van der Waals surface area contributed by atoms with Crippen molar-refractivity contribution in [3.05, 3.63) is 69.2 Å². The minimum absolute atomic E-state index is 0.0245. The smallest absolute Gasteiger partial charge is 0.292 e. The van der Waals surface area contributed by atoms with Gasteiger partial charge in [0.15, 0.2) is 0 Å². The predicted molar refractivity (Wildman–Crippen MR) is 92.2 cm³/mol. The van der Waals surface area contributed by atoms with Crippen LogP contribution in [0.4, 0.5) is 11.4 Å². The zero-order valence-corrected chi connectivity index (χ0v) is 13.6. The van der Waals surface area contributed by atoms with Crippen LogP contribution in [0, 0.1) is 10.1 Å². The van der Waals surface area contributed by atoms with Gasteiger partial charge in [-0.3, -0.25) is 14.9 Å². The number of piperazine rings is 1. The van der Waals surface area contributed by atoms with Crippen LogP contribution in [-0.2, 0) is 11.3 Å². The summed E-state index contributed by atoms with van der Waals surface area (Å²) in [4.78, 5) is 26.7. The fourth-order valence-corrected chi connectivity index (χ4v) is 2.90. The number of carbonyl (C=O) groups excluding carboxylic acids is 1. The van der Waals surface area contributed by atoms with Crippen LogP contribution in [0.15, 0.2) is 48.5 Å².